The molecule has 2 atom stereocenters. The second kappa shape index (κ2) is 18.2. The molecule has 0 saturated carbocycles. The third-order valence-electron chi connectivity index (χ3n) is 16.6. The molecule has 382 valence electrons. The summed E-state index contributed by atoms with van der Waals surface area (Å²) in [4.78, 5) is 40.6. The van der Waals surface area contributed by atoms with Crippen LogP contribution < -0.4 is 0 Å². The third kappa shape index (κ3) is 7.21. The van der Waals surface area contributed by atoms with Crippen LogP contribution in [-0.4, -0.2) is 49.0 Å². The SMILES string of the molecule is c1ccc(-c2nc(-c3ccc4c(c3)C3c5ccccc5C4c4cc(-c5nc(-c6ccccc6)nc(-c6ccc7c(c6)c6cnccc6n7-c6ccccc6)n5)ccc43)nc(-c3ccc4c(c3)c3cnccc3n4-c3ccccc3)n2)cc1. The molecule has 3 aliphatic rings. The van der Waals surface area contributed by atoms with E-state index in [1.54, 1.807) is 0 Å². The van der Waals surface area contributed by atoms with Gasteiger partial charge in [-0.3, -0.25) is 9.97 Å². The maximum atomic E-state index is 5.33. The van der Waals surface area contributed by atoms with Crippen LogP contribution in [0.3, 0.4) is 0 Å². The summed E-state index contributed by atoms with van der Waals surface area (Å²) in [6.07, 6.45) is 7.61. The minimum absolute atomic E-state index is 0.0268. The van der Waals surface area contributed by atoms with Crippen molar-refractivity contribution >= 4 is 43.6 Å². The topological polar surface area (TPSA) is 113 Å². The Labute approximate surface area is 470 Å². The highest BCUT2D eigenvalue weighted by molar-refractivity contribution is 6.11. The lowest BCUT2D eigenvalue weighted by atomic mass is 9.61. The van der Waals surface area contributed by atoms with Gasteiger partial charge in [0.2, 0.25) is 0 Å². The lowest BCUT2D eigenvalue weighted by molar-refractivity contribution is 0.754. The monoisotopic (exact) mass is 1050 g/mol. The summed E-state index contributed by atoms with van der Waals surface area (Å²) in [6.45, 7) is 0. The molecule has 10 heteroatoms. The molecule has 2 bridgehead atoms. The molecule has 0 spiro atoms. The first-order valence-electron chi connectivity index (χ1n) is 27.5. The molecule has 6 aromatic heterocycles. The Morgan fingerprint density at radius 3 is 0.963 bits per heavy atom. The van der Waals surface area contributed by atoms with E-state index in [9.17, 15) is 0 Å². The number of nitrogens with zero attached hydrogens (tertiary/aromatic N) is 10. The molecule has 2 unspecified atom stereocenters. The Hall–Kier alpha value is -11.1. The zero-order valence-electron chi connectivity index (χ0n) is 43.9. The van der Waals surface area contributed by atoms with Crippen molar-refractivity contribution in [2.75, 3.05) is 0 Å². The van der Waals surface area contributed by atoms with Crippen LogP contribution in [0.2, 0.25) is 0 Å². The Bertz CT molecular complexity index is 4740. The fraction of sp³-hybridized carbons (Fsp3) is 0.0278. The van der Waals surface area contributed by atoms with Crippen molar-refractivity contribution < 1.29 is 0 Å². The molecule has 6 heterocycles. The summed E-state index contributed by atoms with van der Waals surface area (Å²) in [5.74, 6) is 3.60. The summed E-state index contributed by atoms with van der Waals surface area (Å²) in [6, 6.07) is 81.0. The number of benzene rings is 9. The van der Waals surface area contributed by atoms with Crippen molar-refractivity contribution in [3.8, 4) is 79.7 Å². The van der Waals surface area contributed by atoms with Crippen LogP contribution >= 0.6 is 0 Å². The molecule has 0 saturated heterocycles. The largest absolute Gasteiger partial charge is 0.309 e. The van der Waals surface area contributed by atoms with E-state index in [0.29, 0.717) is 34.9 Å². The van der Waals surface area contributed by atoms with Crippen LogP contribution in [0.4, 0.5) is 0 Å². The summed E-state index contributed by atoms with van der Waals surface area (Å²) in [7, 11) is 0. The predicted molar refractivity (Wildman–Crippen MR) is 325 cm³/mol. The number of aromatic nitrogens is 10. The molecule has 10 nitrogen and oxygen atoms in total. The van der Waals surface area contributed by atoms with Gasteiger partial charge in [-0.1, -0.05) is 146 Å². The highest BCUT2D eigenvalue weighted by Gasteiger charge is 2.42. The summed E-state index contributed by atoms with van der Waals surface area (Å²) in [5.41, 5.74) is 19.6. The molecule has 0 amide bonds. The van der Waals surface area contributed by atoms with E-state index >= 15 is 0 Å². The van der Waals surface area contributed by atoms with Crippen LogP contribution in [0.15, 0.2) is 255 Å². The summed E-state index contributed by atoms with van der Waals surface area (Å²) < 4.78 is 4.58. The van der Waals surface area contributed by atoms with Crippen molar-refractivity contribution in [1.29, 1.82) is 0 Å². The van der Waals surface area contributed by atoms with Crippen LogP contribution in [0.1, 0.15) is 45.2 Å². The first kappa shape index (κ1) is 45.9. The van der Waals surface area contributed by atoms with E-state index in [0.717, 1.165) is 88.4 Å². The molecule has 0 radical (unpaired) electrons. The molecular formula is C72H44N10. The third-order valence-corrected chi connectivity index (χ3v) is 16.6. The average Bonchev–Trinajstić information content (AvgIpc) is 1.90. The number of hydrogen-bond acceptors (Lipinski definition) is 8. The molecule has 82 heavy (non-hydrogen) atoms. The maximum absolute atomic E-state index is 5.33. The van der Waals surface area contributed by atoms with Gasteiger partial charge >= 0.3 is 0 Å². The molecule has 0 N–H and O–H groups in total. The van der Waals surface area contributed by atoms with Gasteiger partial charge in [-0.15, -0.1) is 0 Å². The van der Waals surface area contributed by atoms with Crippen LogP contribution in [0, 0.1) is 0 Å². The van der Waals surface area contributed by atoms with E-state index in [1.807, 2.05) is 73.3 Å². The first-order chi connectivity index (χ1) is 40.6. The van der Waals surface area contributed by atoms with Crippen molar-refractivity contribution in [1.82, 2.24) is 49.0 Å². The zero-order chi connectivity index (χ0) is 53.8. The van der Waals surface area contributed by atoms with Gasteiger partial charge in [0.05, 0.1) is 22.1 Å². The molecular weight excluding hydrogens is 1000 g/mol. The van der Waals surface area contributed by atoms with Gasteiger partial charge in [0.25, 0.3) is 0 Å². The fourth-order valence-electron chi connectivity index (χ4n) is 12.9. The van der Waals surface area contributed by atoms with Crippen LogP contribution in [0.25, 0.3) is 123 Å². The quantitative estimate of drug-likeness (QED) is 0.148. The first-order valence-corrected chi connectivity index (χ1v) is 27.5. The molecule has 18 rings (SSSR count). The molecule has 15 aromatic rings. The molecule has 0 fully saturated rings. The number of rotatable bonds is 8. The molecule has 9 aromatic carbocycles. The van der Waals surface area contributed by atoms with Gasteiger partial charge in [0, 0.05) is 103 Å². The van der Waals surface area contributed by atoms with Crippen molar-refractivity contribution in [2.45, 2.75) is 11.8 Å². The highest BCUT2D eigenvalue weighted by atomic mass is 15.0. The summed E-state index contributed by atoms with van der Waals surface area (Å²) in [5, 5.41) is 4.27. The van der Waals surface area contributed by atoms with E-state index in [1.165, 1.54) is 33.4 Å². The van der Waals surface area contributed by atoms with Gasteiger partial charge < -0.3 is 9.13 Å². The van der Waals surface area contributed by atoms with Crippen molar-refractivity contribution in [3.63, 3.8) is 0 Å². The number of hydrogen-bond donors (Lipinski definition) is 0. The minimum atomic E-state index is -0.0268. The molecule has 3 aliphatic carbocycles. The zero-order valence-corrected chi connectivity index (χ0v) is 43.9. The minimum Gasteiger partial charge on any atom is -0.309 e. The Kier molecular flexibility index (Phi) is 10.2. The maximum Gasteiger partial charge on any atom is 0.164 e. The predicted octanol–water partition coefficient (Wildman–Crippen LogP) is 16.0. The van der Waals surface area contributed by atoms with Crippen LogP contribution in [-0.2, 0) is 0 Å². The van der Waals surface area contributed by atoms with E-state index < -0.39 is 0 Å². The number of pyridine rings is 2. The standard InChI is InChI=1S/C72H44N10/c1-5-15-43(16-6-1)67-75-69(79-71(77-67)47-27-31-61-55(37-47)59-41-73-35-33-63(59)81(61)49-19-9-3-10-20-49)45-25-29-53-57(39-45)65-51-23-13-14-24-52(51)66(53)58-40-46(26-30-54(58)65)70-76-68(44-17-7-2-8-18-44)78-72(80-70)48-28-32-62-56(38-48)60-42-74-36-34-64(60)82(62)50-21-11-4-12-22-50/h1-42,65-66H. The van der Waals surface area contributed by atoms with Gasteiger partial charge in [-0.05, 0) is 118 Å². The van der Waals surface area contributed by atoms with Gasteiger partial charge in [-0.25, -0.2) is 29.9 Å². The van der Waals surface area contributed by atoms with E-state index in [2.05, 4.69) is 201 Å². The van der Waals surface area contributed by atoms with Crippen molar-refractivity contribution in [2.24, 2.45) is 0 Å². The number of fused-ring (bicyclic) bond motifs is 6. The molecule has 0 aliphatic heterocycles. The average molecular weight is 1050 g/mol. The Morgan fingerprint density at radius 2 is 0.561 bits per heavy atom. The second-order valence-electron chi connectivity index (χ2n) is 21.1. The normalized spacial score (nSPS) is 14.1. The van der Waals surface area contributed by atoms with E-state index in [-0.39, 0.29) is 11.8 Å². The van der Waals surface area contributed by atoms with Crippen molar-refractivity contribution in [3.05, 3.63) is 289 Å². The second-order valence-corrected chi connectivity index (χ2v) is 21.1. The fourth-order valence-corrected chi connectivity index (χ4v) is 12.9. The number of para-hydroxylation sites is 2. The lowest BCUT2D eigenvalue weighted by Gasteiger charge is -2.42. The van der Waals surface area contributed by atoms with Gasteiger partial charge in [0.15, 0.2) is 34.9 Å². The lowest BCUT2D eigenvalue weighted by Crippen LogP contribution is -2.27. The van der Waals surface area contributed by atoms with Gasteiger partial charge in [0.1, 0.15) is 0 Å². The Morgan fingerprint density at radius 1 is 0.244 bits per heavy atom. The van der Waals surface area contributed by atoms with Gasteiger partial charge in [-0.2, -0.15) is 0 Å². The van der Waals surface area contributed by atoms with Crippen LogP contribution in [0.5, 0.6) is 0 Å². The smallest absolute Gasteiger partial charge is 0.164 e. The van der Waals surface area contributed by atoms with E-state index in [4.69, 9.17) is 29.9 Å². The highest BCUT2D eigenvalue weighted by Crippen LogP contribution is 2.57. The summed E-state index contributed by atoms with van der Waals surface area (Å²) >= 11 is 0. The Balaban J connectivity index is 0.783.